The van der Waals surface area contributed by atoms with Crippen LogP contribution in [0.25, 0.3) is 10.6 Å². The Morgan fingerprint density at radius 1 is 1.13 bits per heavy atom. The molecular weight excluding hydrogens is 410 g/mol. The molecule has 2 aromatic carbocycles. The van der Waals surface area contributed by atoms with Crippen LogP contribution >= 0.6 is 11.3 Å². The minimum Gasteiger partial charge on any atom is -0.494 e. The van der Waals surface area contributed by atoms with Crippen LogP contribution in [-0.4, -0.2) is 23.4 Å². The monoisotopic (exact) mass is 437 g/mol. The Labute approximate surface area is 186 Å². The predicted octanol–water partition coefficient (Wildman–Crippen LogP) is 4.66. The van der Waals surface area contributed by atoms with Crippen molar-refractivity contribution in [3.8, 4) is 16.3 Å². The van der Waals surface area contributed by atoms with Gasteiger partial charge >= 0.3 is 0 Å². The summed E-state index contributed by atoms with van der Waals surface area (Å²) >= 11 is 1.52. The number of aromatic nitrogens is 1. The summed E-state index contributed by atoms with van der Waals surface area (Å²) in [5.74, 6) is 0.609. The van der Waals surface area contributed by atoms with E-state index in [1.54, 1.807) is 0 Å². The van der Waals surface area contributed by atoms with Gasteiger partial charge in [0.05, 0.1) is 18.7 Å². The van der Waals surface area contributed by atoms with Crippen molar-refractivity contribution >= 4 is 28.8 Å². The molecule has 3 aromatic rings. The van der Waals surface area contributed by atoms with Crippen LogP contribution in [0.4, 0.5) is 5.69 Å². The van der Waals surface area contributed by atoms with Crippen LogP contribution in [0.3, 0.4) is 0 Å². The Bertz CT molecular complexity index is 1030. The molecule has 0 fully saturated rings. The summed E-state index contributed by atoms with van der Waals surface area (Å²) in [5, 5.41) is 8.57. The SMILES string of the molecule is CCOc1ccc(-c2nc(CC(=O)NCc3cccc(NC(=O)C(C)C)c3)cs2)cc1. The van der Waals surface area contributed by atoms with Gasteiger partial charge in [-0.3, -0.25) is 9.59 Å². The van der Waals surface area contributed by atoms with E-state index in [9.17, 15) is 9.59 Å². The second kappa shape index (κ2) is 10.7. The van der Waals surface area contributed by atoms with E-state index >= 15 is 0 Å². The molecule has 0 aliphatic carbocycles. The molecule has 162 valence electrons. The van der Waals surface area contributed by atoms with Crippen molar-refractivity contribution in [3.63, 3.8) is 0 Å². The number of hydrogen-bond donors (Lipinski definition) is 2. The molecule has 0 saturated heterocycles. The van der Waals surface area contributed by atoms with Crippen molar-refractivity contribution in [3.05, 3.63) is 65.2 Å². The molecule has 3 rings (SSSR count). The van der Waals surface area contributed by atoms with Gasteiger partial charge in [-0.2, -0.15) is 0 Å². The second-order valence-corrected chi connectivity index (χ2v) is 8.26. The molecule has 0 spiro atoms. The topological polar surface area (TPSA) is 80.3 Å². The summed E-state index contributed by atoms with van der Waals surface area (Å²) in [6, 6.07) is 15.3. The molecule has 7 heteroatoms. The highest BCUT2D eigenvalue weighted by Gasteiger charge is 2.10. The van der Waals surface area contributed by atoms with E-state index in [0.717, 1.165) is 33.3 Å². The molecule has 2 N–H and O–H groups in total. The van der Waals surface area contributed by atoms with Gasteiger partial charge in [0, 0.05) is 29.1 Å². The summed E-state index contributed by atoms with van der Waals surface area (Å²) in [5.41, 5.74) is 3.39. The number of thiazole rings is 1. The molecule has 1 aromatic heterocycles. The molecule has 31 heavy (non-hydrogen) atoms. The van der Waals surface area contributed by atoms with Crippen LogP contribution in [0.5, 0.6) is 5.75 Å². The van der Waals surface area contributed by atoms with Crippen molar-refractivity contribution in [2.24, 2.45) is 5.92 Å². The lowest BCUT2D eigenvalue weighted by atomic mass is 10.1. The largest absolute Gasteiger partial charge is 0.494 e. The Morgan fingerprint density at radius 3 is 2.61 bits per heavy atom. The zero-order valence-electron chi connectivity index (χ0n) is 18.0. The molecule has 1 heterocycles. The summed E-state index contributed by atoms with van der Waals surface area (Å²) in [6.07, 6.45) is 0.220. The highest BCUT2D eigenvalue weighted by atomic mass is 32.1. The quantitative estimate of drug-likeness (QED) is 0.510. The molecule has 6 nitrogen and oxygen atoms in total. The minimum atomic E-state index is -0.0971. The normalized spacial score (nSPS) is 10.7. The lowest BCUT2D eigenvalue weighted by molar-refractivity contribution is -0.121. The highest BCUT2D eigenvalue weighted by molar-refractivity contribution is 7.13. The van der Waals surface area contributed by atoms with Crippen LogP contribution in [0.2, 0.25) is 0 Å². The number of carbonyl (C=O) groups excluding carboxylic acids is 2. The fraction of sp³-hybridized carbons (Fsp3) is 0.292. The molecule has 2 amide bonds. The van der Waals surface area contributed by atoms with E-state index in [-0.39, 0.29) is 24.2 Å². The third-order valence-corrected chi connectivity index (χ3v) is 5.45. The third-order valence-electron chi connectivity index (χ3n) is 4.51. The van der Waals surface area contributed by atoms with E-state index in [1.165, 1.54) is 11.3 Å². The van der Waals surface area contributed by atoms with Gasteiger partial charge in [-0.1, -0.05) is 26.0 Å². The van der Waals surface area contributed by atoms with Gasteiger partial charge in [-0.25, -0.2) is 4.98 Å². The minimum absolute atomic E-state index is 0.0342. The van der Waals surface area contributed by atoms with Crippen LogP contribution in [0.1, 0.15) is 32.0 Å². The molecule has 0 saturated carbocycles. The van der Waals surface area contributed by atoms with Crippen LogP contribution < -0.4 is 15.4 Å². The Hall–Kier alpha value is -3.19. The standard InChI is InChI=1S/C24H27N3O3S/c1-4-30-21-10-8-18(9-11-21)24-27-20(15-31-24)13-22(28)25-14-17-6-5-7-19(12-17)26-23(29)16(2)3/h5-12,15-16H,4,13-14H2,1-3H3,(H,25,28)(H,26,29). The van der Waals surface area contributed by atoms with Crippen molar-refractivity contribution < 1.29 is 14.3 Å². The van der Waals surface area contributed by atoms with Crippen LogP contribution in [0, 0.1) is 5.92 Å². The number of nitrogens with one attached hydrogen (secondary N) is 2. The van der Waals surface area contributed by atoms with Gasteiger partial charge in [-0.15, -0.1) is 11.3 Å². The predicted molar refractivity (Wildman–Crippen MR) is 124 cm³/mol. The lowest BCUT2D eigenvalue weighted by Crippen LogP contribution is -2.24. The maximum absolute atomic E-state index is 12.4. The summed E-state index contributed by atoms with van der Waals surface area (Å²) in [6.45, 7) is 6.67. The molecule has 0 aliphatic rings. The van der Waals surface area contributed by atoms with Crippen molar-refractivity contribution in [2.45, 2.75) is 33.7 Å². The van der Waals surface area contributed by atoms with E-state index < -0.39 is 0 Å². The van der Waals surface area contributed by atoms with E-state index in [0.29, 0.717) is 13.2 Å². The van der Waals surface area contributed by atoms with Crippen LogP contribution in [-0.2, 0) is 22.6 Å². The van der Waals surface area contributed by atoms with E-state index in [2.05, 4.69) is 15.6 Å². The van der Waals surface area contributed by atoms with Gasteiger partial charge < -0.3 is 15.4 Å². The van der Waals surface area contributed by atoms with Crippen molar-refractivity contribution in [1.29, 1.82) is 0 Å². The van der Waals surface area contributed by atoms with Gasteiger partial charge in [0.1, 0.15) is 10.8 Å². The summed E-state index contributed by atoms with van der Waals surface area (Å²) in [4.78, 5) is 28.8. The lowest BCUT2D eigenvalue weighted by Gasteiger charge is -2.10. The number of ether oxygens (including phenoxy) is 1. The fourth-order valence-electron chi connectivity index (χ4n) is 2.85. The number of hydrogen-bond acceptors (Lipinski definition) is 5. The molecule has 0 bridgehead atoms. The van der Waals surface area contributed by atoms with Gasteiger partial charge in [0.2, 0.25) is 11.8 Å². The van der Waals surface area contributed by atoms with E-state index in [4.69, 9.17) is 4.74 Å². The molecular formula is C24H27N3O3S. The van der Waals surface area contributed by atoms with Gasteiger partial charge in [-0.05, 0) is 48.9 Å². The average molecular weight is 438 g/mol. The number of anilines is 1. The number of nitrogens with zero attached hydrogens (tertiary/aromatic N) is 1. The van der Waals surface area contributed by atoms with Gasteiger partial charge in [0.15, 0.2) is 0 Å². The number of benzene rings is 2. The Kier molecular flexibility index (Phi) is 7.78. The Morgan fingerprint density at radius 2 is 1.90 bits per heavy atom. The Balaban J connectivity index is 1.53. The summed E-state index contributed by atoms with van der Waals surface area (Å²) < 4.78 is 5.46. The third kappa shape index (κ3) is 6.65. The number of carbonyl (C=O) groups is 2. The molecule has 0 atom stereocenters. The zero-order chi connectivity index (χ0) is 22.2. The smallest absolute Gasteiger partial charge is 0.226 e. The first-order valence-electron chi connectivity index (χ1n) is 10.3. The highest BCUT2D eigenvalue weighted by Crippen LogP contribution is 2.26. The maximum Gasteiger partial charge on any atom is 0.226 e. The molecule has 0 aliphatic heterocycles. The average Bonchev–Trinajstić information content (AvgIpc) is 3.21. The van der Waals surface area contributed by atoms with Crippen molar-refractivity contribution in [2.75, 3.05) is 11.9 Å². The zero-order valence-corrected chi connectivity index (χ0v) is 18.8. The van der Waals surface area contributed by atoms with E-state index in [1.807, 2.05) is 74.7 Å². The number of amides is 2. The van der Waals surface area contributed by atoms with Crippen LogP contribution in [0.15, 0.2) is 53.9 Å². The fourth-order valence-corrected chi connectivity index (χ4v) is 3.68. The second-order valence-electron chi connectivity index (χ2n) is 7.40. The number of rotatable bonds is 9. The maximum atomic E-state index is 12.4. The molecule has 0 unspecified atom stereocenters. The molecule has 0 radical (unpaired) electrons. The van der Waals surface area contributed by atoms with Gasteiger partial charge in [0.25, 0.3) is 0 Å². The first kappa shape index (κ1) is 22.5. The first-order valence-corrected chi connectivity index (χ1v) is 11.2. The van der Waals surface area contributed by atoms with Crippen molar-refractivity contribution in [1.82, 2.24) is 10.3 Å². The first-order chi connectivity index (χ1) is 14.9. The summed E-state index contributed by atoms with van der Waals surface area (Å²) in [7, 11) is 0.